The van der Waals surface area contributed by atoms with Gasteiger partial charge in [0.05, 0.1) is 0 Å². The molecule has 0 amide bonds. The molecular weight excluding hydrogens is 384 g/mol. The van der Waals surface area contributed by atoms with Crippen LogP contribution in [0.1, 0.15) is 12.5 Å². The lowest BCUT2D eigenvalue weighted by Gasteiger charge is -2.14. The van der Waals surface area contributed by atoms with Crippen LogP contribution in [0.3, 0.4) is 0 Å². The molecule has 0 radical (unpaired) electrons. The van der Waals surface area contributed by atoms with Crippen LogP contribution in [-0.2, 0) is 6.42 Å². The second-order valence-electron chi connectivity index (χ2n) is 8.51. The highest BCUT2D eigenvalue weighted by Gasteiger charge is 2.10. The van der Waals surface area contributed by atoms with Gasteiger partial charge in [-0.1, -0.05) is 104 Å². The lowest BCUT2D eigenvalue weighted by Crippen LogP contribution is -1.89. The van der Waals surface area contributed by atoms with E-state index in [1.165, 1.54) is 60.1 Å². The monoisotopic (exact) mass is 408 g/mol. The Morgan fingerprint density at radius 2 is 1.00 bits per heavy atom. The third-order valence-electron chi connectivity index (χ3n) is 6.63. The molecule has 0 heteroatoms. The molecule has 0 fully saturated rings. The van der Waals surface area contributed by atoms with E-state index in [9.17, 15) is 0 Å². The third kappa shape index (κ3) is 3.16. The van der Waals surface area contributed by atoms with Gasteiger partial charge in [0.15, 0.2) is 0 Å². The van der Waals surface area contributed by atoms with E-state index in [0.717, 1.165) is 6.42 Å². The predicted octanol–water partition coefficient (Wildman–Crippen LogP) is 9.04. The summed E-state index contributed by atoms with van der Waals surface area (Å²) in [5.74, 6) is 0. The van der Waals surface area contributed by atoms with Crippen molar-refractivity contribution in [3.05, 3.63) is 121 Å². The van der Waals surface area contributed by atoms with E-state index < -0.39 is 0 Å². The van der Waals surface area contributed by atoms with Crippen LogP contribution in [-0.4, -0.2) is 0 Å². The van der Waals surface area contributed by atoms with Gasteiger partial charge in [0, 0.05) is 0 Å². The maximum Gasteiger partial charge on any atom is -0.0102 e. The molecule has 0 bridgehead atoms. The fourth-order valence-corrected chi connectivity index (χ4v) is 4.87. The Morgan fingerprint density at radius 3 is 1.69 bits per heavy atom. The average Bonchev–Trinajstić information content (AvgIpc) is 2.87. The summed E-state index contributed by atoms with van der Waals surface area (Å²) in [5.41, 5.74) is 6.51. The normalized spacial score (nSPS) is 11.4. The molecule has 0 saturated carbocycles. The second-order valence-corrected chi connectivity index (χ2v) is 8.51. The molecule has 0 aliphatic carbocycles. The summed E-state index contributed by atoms with van der Waals surface area (Å²) in [6.45, 7) is 2.24. The molecule has 6 aromatic carbocycles. The predicted molar refractivity (Wildman–Crippen MR) is 139 cm³/mol. The van der Waals surface area contributed by atoms with E-state index in [-0.39, 0.29) is 0 Å². The highest BCUT2D eigenvalue weighted by Crippen LogP contribution is 2.36. The van der Waals surface area contributed by atoms with E-state index in [4.69, 9.17) is 0 Å². The maximum atomic E-state index is 2.38. The van der Waals surface area contributed by atoms with Crippen molar-refractivity contribution < 1.29 is 0 Å². The van der Waals surface area contributed by atoms with Crippen molar-refractivity contribution in [1.82, 2.24) is 0 Å². The molecule has 0 unspecified atom stereocenters. The minimum Gasteiger partial charge on any atom is -0.0616 e. The Balaban J connectivity index is 1.54. The lowest BCUT2D eigenvalue weighted by molar-refractivity contribution is 1.16. The summed E-state index contributed by atoms with van der Waals surface area (Å²) in [6, 6.07) is 42.3. The Morgan fingerprint density at radius 1 is 0.438 bits per heavy atom. The highest BCUT2D eigenvalue weighted by atomic mass is 14.1. The molecule has 0 aromatic heterocycles. The molecule has 6 rings (SSSR count). The summed E-state index contributed by atoms with van der Waals surface area (Å²) in [6.07, 6.45) is 1.02. The Labute approximate surface area is 188 Å². The Hall–Kier alpha value is -3.90. The average molecular weight is 409 g/mol. The van der Waals surface area contributed by atoms with Crippen molar-refractivity contribution in [2.24, 2.45) is 0 Å². The zero-order chi connectivity index (χ0) is 21.5. The van der Waals surface area contributed by atoms with Gasteiger partial charge in [-0.25, -0.2) is 0 Å². The van der Waals surface area contributed by atoms with Crippen molar-refractivity contribution in [1.29, 1.82) is 0 Å². The molecular formula is C32H24. The number of fused-ring (bicyclic) bond motifs is 3. The summed E-state index contributed by atoms with van der Waals surface area (Å²) < 4.78 is 0. The van der Waals surface area contributed by atoms with Gasteiger partial charge in [0.2, 0.25) is 0 Å². The van der Waals surface area contributed by atoms with Crippen molar-refractivity contribution in [2.45, 2.75) is 13.3 Å². The van der Waals surface area contributed by atoms with Crippen LogP contribution < -0.4 is 0 Å². The lowest BCUT2D eigenvalue weighted by atomic mass is 9.90. The third-order valence-corrected chi connectivity index (χ3v) is 6.63. The number of benzene rings is 6. The van der Waals surface area contributed by atoms with Gasteiger partial charge in [-0.3, -0.25) is 0 Å². The fourth-order valence-electron chi connectivity index (χ4n) is 4.87. The summed E-state index contributed by atoms with van der Waals surface area (Å²) >= 11 is 0. The van der Waals surface area contributed by atoms with E-state index in [1.54, 1.807) is 0 Å². The first kappa shape index (κ1) is 18.8. The molecule has 0 spiro atoms. The van der Waals surface area contributed by atoms with Crippen molar-refractivity contribution in [3.63, 3.8) is 0 Å². The van der Waals surface area contributed by atoms with Crippen LogP contribution in [0.4, 0.5) is 0 Å². The standard InChI is InChI=1S/C32H24/c1-2-22-15-17-30(29-14-12-24-8-4-6-10-26(24)20-29)31-18-16-28(21-32(22)31)27-13-11-23-7-3-5-9-25(23)19-27/h3-21H,2H2,1H3. The molecule has 0 saturated heterocycles. The Kier molecular flexibility index (Phi) is 4.51. The molecule has 6 aromatic rings. The van der Waals surface area contributed by atoms with E-state index in [2.05, 4.69) is 122 Å². The molecule has 0 heterocycles. The first-order valence-electron chi connectivity index (χ1n) is 11.3. The van der Waals surface area contributed by atoms with Crippen LogP contribution in [0.2, 0.25) is 0 Å². The van der Waals surface area contributed by atoms with Gasteiger partial charge in [-0.05, 0) is 84.8 Å². The van der Waals surface area contributed by atoms with Crippen molar-refractivity contribution in [2.75, 3.05) is 0 Å². The molecule has 32 heavy (non-hydrogen) atoms. The summed E-state index contributed by atoms with van der Waals surface area (Å²) in [5, 5.41) is 7.80. The first-order chi connectivity index (χ1) is 15.8. The number of aryl methyl sites for hydroxylation is 1. The van der Waals surface area contributed by atoms with Crippen LogP contribution in [0, 0.1) is 0 Å². The smallest absolute Gasteiger partial charge is 0.0102 e. The molecule has 0 nitrogen and oxygen atoms in total. The topological polar surface area (TPSA) is 0 Å². The highest BCUT2D eigenvalue weighted by molar-refractivity contribution is 6.02. The van der Waals surface area contributed by atoms with Gasteiger partial charge in [-0.15, -0.1) is 0 Å². The number of hydrogen-bond acceptors (Lipinski definition) is 0. The minimum atomic E-state index is 1.02. The van der Waals surface area contributed by atoms with Crippen molar-refractivity contribution >= 4 is 32.3 Å². The van der Waals surface area contributed by atoms with Gasteiger partial charge >= 0.3 is 0 Å². The van der Waals surface area contributed by atoms with Gasteiger partial charge in [0.25, 0.3) is 0 Å². The minimum absolute atomic E-state index is 1.02. The van der Waals surface area contributed by atoms with Gasteiger partial charge < -0.3 is 0 Å². The number of rotatable bonds is 3. The fraction of sp³-hybridized carbons (Fsp3) is 0.0625. The Bertz CT molecular complexity index is 1600. The van der Waals surface area contributed by atoms with E-state index in [0.29, 0.717) is 0 Å². The van der Waals surface area contributed by atoms with Gasteiger partial charge in [0.1, 0.15) is 0 Å². The van der Waals surface area contributed by atoms with E-state index >= 15 is 0 Å². The van der Waals surface area contributed by atoms with Crippen LogP contribution in [0.25, 0.3) is 54.6 Å². The quantitative estimate of drug-likeness (QED) is 0.274. The zero-order valence-electron chi connectivity index (χ0n) is 18.2. The van der Waals surface area contributed by atoms with E-state index in [1.807, 2.05) is 0 Å². The number of hydrogen-bond donors (Lipinski definition) is 0. The summed E-state index contributed by atoms with van der Waals surface area (Å²) in [7, 11) is 0. The first-order valence-corrected chi connectivity index (χ1v) is 11.3. The molecule has 152 valence electrons. The van der Waals surface area contributed by atoms with Gasteiger partial charge in [-0.2, -0.15) is 0 Å². The largest absolute Gasteiger partial charge is 0.0616 e. The molecule has 0 aliphatic rings. The van der Waals surface area contributed by atoms with Crippen molar-refractivity contribution in [3.8, 4) is 22.3 Å². The SMILES string of the molecule is CCc1ccc(-c2ccc3ccccc3c2)c2ccc(-c3ccc4ccccc4c3)cc12. The maximum absolute atomic E-state index is 2.38. The molecule has 0 aliphatic heterocycles. The zero-order valence-corrected chi connectivity index (χ0v) is 18.2. The molecule has 0 atom stereocenters. The van der Waals surface area contributed by atoms with Crippen LogP contribution in [0.15, 0.2) is 115 Å². The van der Waals surface area contributed by atoms with Crippen LogP contribution in [0.5, 0.6) is 0 Å². The molecule has 0 N–H and O–H groups in total. The summed E-state index contributed by atoms with van der Waals surface area (Å²) in [4.78, 5) is 0. The van der Waals surface area contributed by atoms with Crippen LogP contribution >= 0.6 is 0 Å². The second kappa shape index (κ2) is 7.66.